The maximum atomic E-state index is 12.1. The Hall–Kier alpha value is -4.19. The van der Waals surface area contributed by atoms with Gasteiger partial charge in [0.25, 0.3) is 0 Å². The summed E-state index contributed by atoms with van der Waals surface area (Å²) in [6.07, 6.45) is 10.7. The SMILES string of the molecule is O=C1CCC(Nc2ccc(N3CCC(CN4CCC(CN5CC[C@@H](Nc6ncc(Cl)c(-c7c[nH]c8ccccc78)n6)C5)CC4)CC3)cc2)C(=O)N1. The van der Waals surface area contributed by atoms with Crippen LogP contribution < -0.4 is 20.9 Å². The molecule has 11 nitrogen and oxygen atoms in total. The predicted molar refractivity (Wildman–Crippen MR) is 203 cm³/mol. The van der Waals surface area contributed by atoms with Crippen LogP contribution >= 0.6 is 11.6 Å². The van der Waals surface area contributed by atoms with Crippen molar-refractivity contribution in [2.24, 2.45) is 11.8 Å². The van der Waals surface area contributed by atoms with Crippen LogP contribution in [0.2, 0.25) is 5.02 Å². The number of para-hydroxylation sites is 1. The van der Waals surface area contributed by atoms with E-state index in [0.29, 0.717) is 29.9 Å². The Labute approximate surface area is 304 Å². The zero-order valence-corrected chi connectivity index (χ0v) is 29.9. The number of halogens is 1. The van der Waals surface area contributed by atoms with Gasteiger partial charge in [-0.3, -0.25) is 14.9 Å². The lowest BCUT2D eigenvalue weighted by molar-refractivity contribution is -0.133. The van der Waals surface area contributed by atoms with Crippen LogP contribution in [-0.4, -0.2) is 101 Å². The van der Waals surface area contributed by atoms with Gasteiger partial charge in [-0.15, -0.1) is 0 Å². The van der Waals surface area contributed by atoms with E-state index >= 15 is 0 Å². The third-order valence-electron chi connectivity index (χ3n) is 11.4. The minimum atomic E-state index is -0.354. The fourth-order valence-electron chi connectivity index (χ4n) is 8.45. The third-order valence-corrected chi connectivity index (χ3v) is 11.6. The van der Waals surface area contributed by atoms with Crippen molar-refractivity contribution in [3.63, 3.8) is 0 Å². The minimum Gasteiger partial charge on any atom is -0.374 e. The fourth-order valence-corrected chi connectivity index (χ4v) is 8.64. The molecule has 8 rings (SSSR count). The second-order valence-corrected chi connectivity index (χ2v) is 15.3. The zero-order chi connectivity index (χ0) is 34.7. The van der Waals surface area contributed by atoms with Crippen molar-refractivity contribution in [1.82, 2.24) is 30.1 Å². The summed E-state index contributed by atoms with van der Waals surface area (Å²) in [5.41, 5.74) is 4.97. The van der Waals surface area contributed by atoms with Gasteiger partial charge in [-0.1, -0.05) is 29.8 Å². The van der Waals surface area contributed by atoms with Gasteiger partial charge in [0.15, 0.2) is 0 Å². The normalized spacial score (nSPS) is 22.8. The number of benzene rings is 2. The number of likely N-dealkylation sites (tertiary alicyclic amines) is 2. The number of hydrogen-bond acceptors (Lipinski definition) is 9. The fraction of sp³-hybridized carbons (Fsp3) is 0.487. The average Bonchev–Trinajstić information content (AvgIpc) is 3.78. The Morgan fingerprint density at radius 2 is 1.55 bits per heavy atom. The Morgan fingerprint density at radius 3 is 2.33 bits per heavy atom. The molecule has 2 aromatic carbocycles. The molecular formula is C39H48ClN9O2. The number of aromatic nitrogens is 3. The number of carbonyl (C=O) groups is 2. The molecule has 4 N–H and O–H groups in total. The van der Waals surface area contributed by atoms with Gasteiger partial charge in [-0.2, -0.15) is 0 Å². The van der Waals surface area contributed by atoms with Gasteiger partial charge in [0, 0.05) is 85.8 Å². The second kappa shape index (κ2) is 15.2. The van der Waals surface area contributed by atoms with E-state index in [9.17, 15) is 9.59 Å². The van der Waals surface area contributed by atoms with Crippen LogP contribution in [0.3, 0.4) is 0 Å². The Kier molecular flexibility index (Phi) is 10.1. The van der Waals surface area contributed by atoms with E-state index in [1.807, 2.05) is 30.5 Å². The average molecular weight is 710 g/mol. The number of amides is 2. The number of aromatic amines is 1. The molecule has 12 heteroatoms. The zero-order valence-electron chi connectivity index (χ0n) is 29.1. The highest BCUT2D eigenvalue weighted by atomic mass is 35.5. The first kappa shape index (κ1) is 33.9. The van der Waals surface area contributed by atoms with Crippen molar-refractivity contribution < 1.29 is 9.59 Å². The number of hydrogen-bond donors (Lipinski definition) is 4. The standard InChI is InChI=1S/C39H48ClN9O2/c40-33-22-42-39(46-37(33)32-21-41-34-4-2-1-3-31(32)34)44-29-15-18-48(25-29)24-26-11-16-47(17-12-26)23-27-13-19-49(20-14-27)30-7-5-28(6-8-30)43-35-9-10-36(50)45-38(35)51/h1-8,21-22,26-27,29,35,41,43H,9-20,23-25H2,(H,42,44,46)(H,45,50,51)/t29-,35?/m1/s1. The van der Waals surface area contributed by atoms with Crippen LogP contribution in [0, 0.1) is 11.8 Å². The summed E-state index contributed by atoms with van der Waals surface area (Å²) in [4.78, 5) is 44.0. The molecule has 51 heavy (non-hydrogen) atoms. The van der Waals surface area contributed by atoms with E-state index in [4.69, 9.17) is 16.6 Å². The molecule has 268 valence electrons. The number of H-pyrrole nitrogens is 1. The molecular weight excluding hydrogens is 662 g/mol. The van der Waals surface area contributed by atoms with Crippen LogP contribution in [0.5, 0.6) is 0 Å². The molecule has 4 aliphatic rings. The molecule has 6 heterocycles. The summed E-state index contributed by atoms with van der Waals surface area (Å²) in [5.74, 6) is 1.73. The minimum absolute atomic E-state index is 0.189. The van der Waals surface area contributed by atoms with E-state index < -0.39 is 0 Å². The van der Waals surface area contributed by atoms with Crippen LogP contribution in [0.4, 0.5) is 17.3 Å². The van der Waals surface area contributed by atoms with Gasteiger partial charge in [0.1, 0.15) is 6.04 Å². The number of carbonyl (C=O) groups excluding carboxylic acids is 2. The van der Waals surface area contributed by atoms with Crippen LogP contribution in [0.1, 0.15) is 44.9 Å². The summed E-state index contributed by atoms with van der Waals surface area (Å²) in [6, 6.07) is 16.6. The molecule has 0 saturated carbocycles. The van der Waals surface area contributed by atoms with E-state index in [1.165, 1.54) is 57.5 Å². The lowest BCUT2D eigenvalue weighted by Gasteiger charge is -2.39. The number of anilines is 3. The van der Waals surface area contributed by atoms with E-state index in [-0.39, 0.29) is 17.9 Å². The van der Waals surface area contributed by atoms with Crippen LogP contribution in [0.25, 0.3) is 22.2 Å². The van der Waals surface area contributed by atoms with Gasteiger partial charge >= 0.3 is 0 Å². The van der Waals surface area contributed by atoms with Crippen molar-refractivity contribution in [2.45, 2.75) is 57.0 Å². The van der Waals surface area contributed by atoms with Gasteiger partial charge in [0.2, 0.25) is 17.8 Å². The molecule has 0 bridgehead atoms. The predicted octanol–water partition coefficient (Wildman–Crippen LogP) is 5.61. The van der Waals surface area contributed by atoms with Crippen molar-refractivity contribution in [3.8, 4) is 11.3 Å². The van der Waals surface area contributed by atoms with Gasteiger partial charge in [0.05, 0.1) is 16.9 Å². The Balaban J connectivity index is 0.745. The van der Waals surface area contributed by atoms with Crippen molar-refractivity contribution >= 4 is 51.6 Å². The number of piperidine rings is 3. The van der Waals surface area contributed by atoms with Gasteiger partial charge in [-0.05, 0) is 93.8 Å². The maximum absolute atomic E-state index is 12.1. The Bertz CT molecular complexity index is 1830. The first-order chi connectivity index (χ1) is 24.9. The van der Waals surface area contributed by atoms with Crippen molar-refractivity contribution in [3.05, 3.63) is 65.9 Å². The number of nitrogens with one attached hydrogen (secondary N) is 4. The van der Waals surface area contributed by atoms with E-state index in [0.717, 1.165) is 72.3 Å². The molecule has 0 radical (unpaired) electrons. The topological polar surface area (TPSA) is 122 Å². The monoisotopic (exact) mass is 709 g/mol. The maximum Gasteiger partial charge on any atom is 0.249 e. The number of nitrogens with zero attached hydrogens (tertiary/aromatic N) is 5. The molecule has 4 saturated heterocycles. The molecule has 1 unspecified atom stereocenters. The van der Waals surface area contributed by atoms with Crippen LogP contribution in [0.15, 0.2) is 60.9 Å². The highest BCUT2D eigenvalue weighted by Crippen LogP contribution is 2.33. The third kappa shape index (κ3) is 8.00. The molecule has 4 aromatic rings. The quantitative estimate of drug-likeness (QED) is 0.156. The van der Waals surface area contributed by atoms with E-state index in [2.05, 4.69) is 64.9 Å². The Morgan fingerprint density at radius 1 is 0.824 bits per heavy atom. The molecule has 2 aromatic heterocycles. The lowest BCUT2D eigenvalue weighted by atomic mass is 9.92. The largest absolute Gasteiger partial charge is 0.374 e. The number of fused-ring (bicyclic) bond motifs is 1. The summed E-state index contributed by atoms with van der Waals surface area (Å²) in [6.45, 7) is 9.09. The summed E-state index contributed by atoms with van der Waals surface area (Å²) in [7, 11) is 0. The number of imide groups is 1. The van der Waals surface area contributed by atoms with E-state index in [1.54, 1.807) is 6.20 Å². The van der Waals surface area contributed by atoms with Crippen LogP contribution in [-0.2, 0) is 9.59 Å². The highest BCUT2D eigenvalue weighted by Gasteiger charge is 2.30. The lowest BCUT2D eigenvalue weighted by Crippen LogP contribution is -2.47. The molecule has 2 amide bonds. The summed E-state index contributed by atoms with van der Waals surface area (Å²) >= 11 is 6.57. The molecule has 4 aliphatic heterocycles. The van der Waals surface area contributed by atoms with Gasteiger partial charge in [-0.25, -0.2) is 9.97 Å². The number of rotatable bonds is 10. The molecule has 0 spiro atoms. The summed E-state index contributed by atoms with van der Waals surface area (Å²) < 4.78 is 0. The van der Waals surface area contributed by atoms with Crippen molar-refractivity contribution in [2.75, 3.05) is 67.9 Å². The smallest absolute Gasteiger partial charge is 0.249 e. The summed E-state index contributed by atoms with van der Waals surface area (Å²) in [5, 5.41) is 11.0. The molecule has 4 fully saturated rings. The first-order valence-electron chi connectivity index (χ1n) is 18.7. The van der Waals surface area contributed by atoms with Gasteiger partial charge < -0.3 is 30.3 Å². The highest BCUT2D eigenvalue weighted by molar-refractivity contribution is 6.33. The van der Waals surface area contributed by atoms with Crippen molar-refractivity contribution in [1.29, 1.82) is 0 Å². The second-order valence-electron chi connectivity index (χ2n) is 14.9. The first-order valence-corrected chi connectivity index (χ1v) is 19.1. The molecule has 0 aliphatic carbocycles. The molecule has 2 atom stereocenters.